The zero-order chi connectivity index (χ0) is 18.1. The first-order valence-corrected chi connectivity index (χ1v) is 8.62. The molecule has 0 heterocycles. The summed E-state index contributed by atoms with van der Waals surface area (Å²) < 4.78 is 0. The second-order valence-electron chi connectivity index (χ2n) is 7.59. The van der Waals surface area contributed by atoms with Crippen LogP contribution in [0.4, 0.5) is 0 Å². The Morgan fingerprint density at radius 1 is 1.04 bits per heavy atom. The van der Waals surface area contributed by atoms with Crippen LogP contribution < -0.4 is 16.4 Å². The Kier molecular flexibility index (Phi) is 9.66. The van der Waals surface area contributed by atoms with E-state index in [1.165, 1.54) is 0 Å². The van der Waals surface area contributed by atoms with Crippen molar-refractivity contribution in [2.45, 2.75) is 71.9 Å². The van der Waals surface area contributed by atoms with Gasteiger partial charge in [-0.15, -0.1) is 0 Å². The van der Waals surface area contributed by atoms with Crippen LogP contribution in [0.1, 0.15) is 60.8 Å². The molecule has 1 atom stereocenters. The van der Waals surface area contributed by atoms with Crippen LogP contribution in [0.2, 0.25) is 0 Å². The van der Waals surface area contributed by atoms with Gasteiger partial charge in [-0.2, -0.15) is 0 Å². The van der Waals surface area contributed by atoms with Crippen molar-refractivity contribution in [2.24, 2.45) is 16.8 Å². The van der Waals surface area contributed by atoms with Crippen molar-refractivity contribution in [2.75, 3.05) is 19.6 Å². The lowest BCUT2D eigenvalue weighted by Crippen LogP contribution is -2.46. The van der Waals surface area contributed by atoms with Crippen LogP contribution in [0.3, 0.4) is 0 Å². The quantitative estimate of drug-likeness (QED) is 0.192. The molecule has 0 saturated carbocycles. The Morgan fingerprint density at radius 3 is 1.91 bits per heavy atom. The summed E-state index contributed by atoms with van der Waals surface area (Å²) in [6.07, 6.45) is 3.20. The molecule has 0 amide bonds. The van der Waals surface area contributed by atoms with Gasteiger partial charge < -0.3 is 21.6 Å². The van der Waals surface area contributed by atoms with Gasteiger partial charge in [0.25, 0.3) is 0 Å². The molecule has 0 aliphatic heterocycles. The van der Waals surface area contributed by atoms with Gasteiger partial charge in [-0.05, 0) is 86.4 Å². The summed E-state index contributed by atoms with van der Waals surface area (Å²) in [5, 5.41) is 19.2. The maximum absolute atomic E-state index is 8.92. The highest BCUT2D eigenvalue weighted by Gasteiger charge is 2.22. The average Bonchev–Trinajstić information content (AvgIpc) is 2.45. The van der Waals surface area contributed by atoms with Gasteiger partial charge in [0, 0.05) is 5.54 Å². The van der Waals surface area contributed by atoms with E-state index >= 15 is 0 Å². The summed E-state index contributed by atoms with van der Waals surface area (Å²) >= 11 is 0. The highest BCUT2D eigenvalue weighted by atomic mass is 16.4. The number of nitrogens with two attached hydrogens (primary N) is 1. The highest BCUT2D eigenvalue weighted by Crippen LogP contribution is 2.16. The zero-order valence-corrected chi connectivity index (χ0v) is 16.0. The van der Waals surface area contributed by atoms with Crippen LogP contribution in [-0.4, -0.2) is 41.6 Å². The van der Waals surface area contributed by atoms with Gasteiger partial charge in [0.05, 0.1) is 11.3 Å². The van der Waals surface area contributed by atoms with Crippen molar-refractivity contribution in [1.29, 1.82) is 0 Å². The second-order valence-corrected chi connectivity index (χ2v) is 7.59. The molecule has 0 aromatic heterocycles. The molecule has 0 aliphatic carbocycles. The molecule has 0 rings (SSSR count). The molecule has 23 heavy (non-hydrogen) atoms. The molecule has 136 valence electrons. The third-order valence-electron chi connectivity index (χ3n) is 4.94. The van der Waals surface area contributed by atoms with E-state index < -0.39 is 0 Å². The lowest BCUT2D eigenvalue weighted by molar-refractivity contribution is 0.308. The molecular formula is C18H38N4O. The minimum absolute atomic E-state index is 0.0256. The fraction of sp³-hybridized carbons (Fsp3) is 0.833. The van der Waals surface area contributed by atoms with E-state index in [1.807, 2.05) is 20.8 Å². The zero-order valence-electron chi connectivity index (χ0n) is 16.0. The molecule has 0 fully saturated rings. The summed E-state index contributed by atoms with van der Waals surface area (Å²) in [6, 6.07) is 0. The molecule has 5 N–H and O–H groups in total. The van der Waals surface area contributed by atoms with E-state index in [-0.39, 0.29) is 11.1 Å². The lowest BCUT2D eigenvalue weighted by atomic mass is 9.93. The molecule has 0 aromatic rings. The smallest absolute Gasteiger partial charge is 0.0734 e. The Hall–Kier alpha value is -0.910. The fourth-order valence-electron chi connectivity index (χ4n) is 2.25. The summed E-state index contributed by atoms with van der Waals surface area (Å²) in [6.45, 7) is 18.9. The highest BCUT2D eigenvalue weighted by molar-refractivity contribution is 5.90. The number of rotatable bonds is 12. The predicted molar refractivity (Wildman–Crippen MR) is 100 cm³/mol. The van der Waals surface area contributed by atoms with Gasteiger partial charge in [-0.3, -0.25) is 0 Å². The van der Waals surface area contributed by atoms with Gasteiger partial charge in [-0.1, -0.05) is 17.3 Å². The molecule has 0 saturated heterocycles. The predicted octanol–water partition coefficient (Wildman–Crippen LogP) is 2.89. The first kappa shape index (κ1) is 22.1. The van der Waals surface area contributed by atoms with E-state index in [2.05, 4.69) is 43.1 Å². The van der Waals surface area contributed by atoms with Crippen molar-refractivity contribution in [3.05, 3.63) is 12.2 Å². The minimum atomic E-state index is -0.289. The van der Waals surface area contributed by atoms with Crippen molar-refractivity contribution in [3.8, 4) is 0 Å². The van der Waals surface area contributed by atoms with E-state index in [9.17, 15) is 0 Å². The van der Waals surface area contributed by atoms with Crippen LogP contribution in [0.25, 0.3) is 0 Å². The third kappa shape index (κ3) is 8.49. The maximum Gasteiger partial charge on any atom is 0.0734 e. The molecule has 0 aliphatic rings. The van der Waals surface area contributed by atoms with E-state index in [0.29, 0.717) is 11.6 Å². The van der Waals surface area contributed by atoms with Crippen molar-refractivity contribution in [1.82, 2.24) is 10.6 Å². The second kappa shape index (κ2) is 10.1. The molecule has 5 heteroatoms. The van der Waals surface area contributed by atoms with Gasteiger partial charge >= 0.3 is 0 Å². The van der Waals surface area contributed by atoms with Crippen LogP contribution in [-0.2, 0) is 0 Å². The van der Waals surface area contributed by atoms with Crippen LogP contribution in [0.5, 0.6) is 0 Å². The first-order chi connectivity index (χ1) is 10.6. The van der Waals surface area contributed by atoms with Gasteiger partial charge in [0.1, 0.15) is 0 Å². The average molecular weight is 327 g/mol. The number of nitrogens with zero attached hydrogens (tertiary/aromatic N) is 1. The summed E-state index contributed by atoms with van der Waals surface area (Å²) in [5.74, 6) is 0.586. The standard InChI is InChI=1S/C18H38N4O/c1-14(2)17(4,5)20-12-9-16(8-11-19)10-13-21-18(6,7)15(3)22-23/h16,20-21,23H,1,8-13,19H2,2-7H3/b22-15+. The number of nitrogens with one attached hydrogen (secondary N) is 2. The first-order valence-electron chi connectivity index (χ1n) is 8.62. The monoisotopic (exact) mass is 326 g/mol. The summed E-state index contributed by atoms with van der Waals surface area (Å²) in [5.41, 5.74) is 7.28. The molecule has 0 spiro atoms. The van der Waals surface area contributed by atoms with Crippen molar-refractivity contribution < 1.29 is 5.21 Å². The Morgan fingerprint density at radius 2 is 1.52 bits per heavy atom. The van der Waals surface area contributed by atoms with Gasteiger partial charge in [0.15, 0.2) is 0 Å². The number of hydrogen-bond acceptors (Lipinski definition) is 5. The molecular weight excluding hydrogens is 288 g/mol. The van der Waals surface area contributed by atoms with E-state index in [1.54, 1.807) is 0 Å². The maximum atomic E-state index is 8.92. The fourth-order valence-corrected chi connectivity index (χ4v) is 2.25. The lowest BCUT2D eigenvalue weighted by Gasteiger charge is -2.29. The minimum Gasteiger partial charge on any atom is -0.411 e. The van der Waals surface area contributed by atoms with E-state index in [0.717, 1.165) is 44.5 Å². The van der Waals surface area contributed by atoms with Crippen molar-refractivity contribution >= 4 is 5.71 Å². The van der Waals surface area contributed by atoms with Crippen LogP contribution in [0, 0.1) is 5.92 Å². The number of oxime groups is 1. The van der Waals surface area contributed by atoms with Crippen LogP contribution in [0.15, 0.2) is 17.3 Å². The van der Waals surface area contributed by atoms with Gasteiger partial charge in [-0.25, -0.2) is 0 Å². The van der Waals surface area contributed by atoms with Crippen molar-refractivity contribution in [3.63, 3.8) is 0 Å². The van der Waals surface area contributed by atoms with Gasteiger partial charge in [0.2, 0.25) is 0 Å². The molecule has 0 radical (unpaired) electrons. The topological polar surface area (TPSA) is 82.7 Å². The molecule has 5 nitrogen and oxygen atoms in total. The molecule has 1 unspecified atom stereocenters. The Labute approximate surface area is 142 Å². The summed E-state index contributed by atoms with van der Waals surface area (Å²) in [4.78, 5) is 0. The Bertz CT molecular complexity index is 388. The normalized spacial score (nSPS) is 14.8. The number of hydrogen-bond donors (Lipinski definition) is 4. The van der Waals surface area contributed by atoms with E-state index in [4.69, 9.17) is 10.9 Å². The SMILES string of the molecule is C=C(C)C(C)(C)NCCC(CCN)CCNC(C)(C)/C(C)=N/O. The Balaban J connectivity index is 4.30. The van der Waals surface area contributed by atoms with Crippen LogP contribution >= 0.6 is 0 Å². The largest absolute Gasteiger partial charge is 0.411 e. The summed E-state index contributed by atoms with van der Waals surface area (Å²) in [7, 11) is 0. The third-order valence-corrected chi connectivity index (χ3v) is 4.94. The molecule has 0 aromatic carbocycles. The molecule has 0 bridgehead atoms.